The Bertz CT molecular complexity index is 270. The molecule has 0 aliphatic heterocycles. The normalized spacial score (nSPS) is 13.5. The molecule has 0 aliphatic rings. The van der Waals surface area contributed by atoms with Crippen LogP contribution in [0.3, 0.4) is 0 Å². The average Bonchev–Trinajstić information content (AvgIpc) is 2.50. The zero-order valence-corrected chi connectivity index (χ0v) is 9.97. The second-order valence-corrected chi connectivity index (χ2v) is 4.94. The van der Waals surface area contributed by atoms with Crippen LogP contribution in [0.1, 0.15) is 49.7 Å². The Morgan fingerprint density at radius 3 is 2.57 bits per heavy atom. The van der Waals surface area contributed by atoms with Crippen LogP contribution in [0.4, 0.5) is 0 Å². The van der Waals surface area contributed by atoms with Crippen molar-refractivity contribution < 1.29 is 0 Å². The molecule has 0 fully saturated rings. The maximum absolute atomic E-state index is 6.06. The fourth-order valence-electron chi connectivity index (χ4n) is 1.45. The molecular weight excluding hydrogens is 194 g/mol. The number of hydrogen-bond acceptors (Lipinski definition) is 4. The van der Waals surface area contributed by atoms with Gasteiger partial charge in [0.25, 0.3) is 0 Å². The largest absolute Gasteiger partial charge is 0.323 e. The van der Waals surface area contributed by atoms with Gasteiger partial charge in [0.05, 0.1) is 10.6 Å². The number of aromatic nitrogens is 2. The average molecular weight is 213 g/mol. The monoisotopic (exact) mass is 213 g/mol. The van der Waals surface area contributed by atoms with Gasteiger partial charge in [-0.2, -0.15) is 0 Å². The lowest BCUT2D eigenvalue weighted by atomic mass is 10.0. The summed E-state index contributed by atoms with van der Waals surface area (Å²) in [7, 11) is 0. The van der Waals surface area contributed by atoms with Crippen molar-refractivity contribution in [2.24, 2.45) is 11.7 Å². The number of nitrogens with zero attached hydrogens (tertiary/aromatic N) is 2. The van der Waals surface area contributed by atoms with Crippen LogP contribution in [-0.2, 0) is 0 Å². The molecule has 0 radical (unpaired) electrons. The molecule has 1 atom stereocenters. The summed E-state index contributed by atoms with van der Waals surface area (Å²) in [5.74, 6) is 0.767. The smallest absolute Gasteiger partial charge is 0.0772 e. The van der Waals surface area contributed by atoms with Gasteiger partial charge in [-0.3, -0.25) is 0 Å². The standard InChI is InChI=1S/C10H19N3S/c1-7(2)5-4-6-9(11)10-8(3)12-13-14-10/h7,9H,4-6,11H2,1-3H3. The van der Waals surface area contributed by atoms with Crippen molar-refractivity contribution in [3.8, 4) is 0 Å². The van der Waals surface area contributed by atoms with Crippen molar-refractivity contribution in [1.29, 1.82) is 0 Å². The molecule has 14 heavy (non-hydrogen) atoms. The fraction of sp³-hybridized carbons (Fsp3) is 0.800. The molecule has 1 aromatic heterocycles. The van der Waals surface area contributed by atoms with Crippen molar-refractivity contribution in [2.75, 3.05) is 0 Å². The van der Waals surface area contributed by atoms with E-state index in [9.17, 15) is 0 Å². The summed E-state index contributed by atoms with van der Waals surface area (Å²) in [5, 5.41) is 3.97. The minimum Gasteiger partial charge on any atom is -0.323 e. The van der Waals surface area contributed by atoms with Crippen molar-refractivity contribution in [3.05, 3.63) is 10.6 Å². The van der Waals surface area contributed by atoms with Gasteiger partial charge in [0.2, 0.25) is 0 Å². The van der Waals surface area contributed by atoms with Gasteiger partial charge in [-0.25, -0.2) is 0 Å². The maximum Gasteiger partial charge on any atom is 0.0772 e. The Morgan fingerprint density at radius 2 is 2.07 bits per heavy atom. The number of hydrogen-bond donors (Lipinski definition) is 1. The quantitative estimate of drug-likeness (QED) is 0.818. The van der Waals surface area contributed by atoms with Gasteiger partial charge in [0.15, 0.2) is 0 Å². The summed E-state index contributed by atoms with van der Waals surface area (Å²) in [6.45, 7) is 6.46. The van der Waals surface area contributed by atoms with Crippen LogP contribution in [0.25, 0.3) is 0 Å². The summed E-state index contributed by atoms with van der Waals surface area (Å²) < 4.78 is 3.90. The molecular formula is C10H19N3S. The lowest BCUT2D eigenvalue weighted by Crippen LogP contribution is -2.10. The first-order chi connectivity index (χ1) is 6.61. The highest BCUT2D eigenvalue weighted by molar-refractivity contribution is 7.05. The number of rotatable bonds is 5. The van der Waals surface area contributed by atoms with E-state index in [-0.39, 0.29) is 6.04 Å². The van der Waals surface area contributed by atoms with E-state index in [0.29, 0.717) is 0 Å². The van der Waals surface area contributed by atoms with E-state index in [4.69, 9.17) is 5.73 Å². The van der Waals surface area contributed by atoms with Crippen molar-refractivity contribution >= 4 is 11.5 Å². The Kier molecular flexibility index (Phi) is 4.48. The first-order valence-corrected chi connectivity index (χ1v) is 5.93. The molecule has 0 spiro atoms. The van der Waals surface area contributed by atoms with Gasteiger partial charge >= 0.3 is 0 Å². The molecule has 0 aromatic carbocycles. The minimum absolute atomic E-state index is 0.133. The molecule has 1 rings (SSSR count). The summed E-state index contributed by atoms with van der Waals surface area (Å²) in [4.78, 5) is 1.15. The van der Waals surface area contributed by atoms with E-state index >= 15 is 0 Å². The van der Waals surface area contributed by atoms with E-state index in [1.807, 2.05) is 6.92 Å². The topological polar surface area (TPSA) is 51.8 Å². The second kappa shape index (κ2) is 5.41. The molecule has 4 heteroatoms. The molecule has 3 nitrogen and oxygen atoms in total. The van der Waals surface area contributed by atoms with E-state index in [1.54, 1.807) is 0 Å². The predicted octanol–water partition coefficient (Wildman–Crippen LogP) is 2.67. The Morgan fingerprint density at radius 1 is 1.36 bits per heavy atom. The summed E-state index contributed by atoms with van der Waals surface area (Å²) in [6, 6.07) is 0.133. The Labute approximate surface area is 89.9 Å². The molecule has 0 bridgehead atoms. The lowest BCUT2D eigenvalue weighted by molar-refractivity contribution is 0.507. The summed E-state index contributed by atoms with van der Waals surface area (Å²) >= 11 is 1.43. The Balaban J connectivity index is 2.36. The highest BCUT2D eigenvalue weighted by Crippen LogP contribution is 2.22. The predicted molar refractivity (Wildman–Crippen MR) is 60.3 cm³/mol. The van der Waals surface area contributed by atoms with Crippen LogP contribution in [0.2, 0.25) is 0 Å². The molecule has 0 aliphatic carbocycles. The van der Waals surface area contributed by atoms with Crippen LogP contribution in [-0.4, -0.2) is 9.59 Å². The zero-order chi connectivity index (χ0) is 10.6. The van der Waals surface area contributed by atoms with E-state index < -0.39 is 0 Å². The summed E-state index contributed by atoms with van der Waals surface area (Å²) in [6.07, 6.45) is 3.48. The first-order valence-electron chi connectivity index (χ1n) is 5.15. The molecule has 0 saturated carbocycles. The van der Waals surface area contributed by atoms with Gasteiger partial charge in [0, 0.05) is 6.04 Å². The molecule has 0 amide bonds. The van der Waals surface area contributed by atoms with Gasteiger partial charge < -0.3 is 5.73 Å². The highest BCUT2D eigenvalue weighted by atomic mass is 32.1. The number of aryl methyl sites for hydroxylation is 1. The number of nitrogens with two attached hydrogens (primary N) is 1. The van der Waals surface area contributed by atoms with Crippen molar-refractivity contribution in [1.82, 2.24) is 9.59 Å². The van der Waals surface area contributed by atoms with Gasteiger partial charge in [0.1, 0.15) is 0 Å². The minimum atomic E-state index is 0.133. The molecule has 1 unspecified atom stereocenters. The highest BCUT2D eigenvalue weighted by Gasteiger charge is 2.12. The third-order valence-corrected chi connectivity index (χ3v) is 3.28. The molecule has 80 valence electrons. The first kappa shape index (κ1) is 11.6. The maximum atomic E-state index is 6.06. The van der Waals surface area contributed by atoms with Crippen LogP contribution in [0, 0.1) is 12.8 Å². The fourth-order valence-corrected chi connectivity index (χ4v) is 2.13. The van der Waals surface area contributed by atoms with Gasteiger partial charge in [-0.15, -0.1) is 5.10 Å². The van der Waals surface area contributed by atoms with E-state index in [2.05, 4.69) is 23.4 Å². The Hall–Kier alpha value is -0.480. The third kappa shape index (κ3) is 3.35. The molecule has 0 saturated heterocycles. The molecule has 1 aromatic rings. The van der Waals surface area contributed by atoms with Crippen molar-refractivity contribution in [2.45, 2.75) is 46.1 Å². The molecule has 1 heterocycles. The van der Waals surface area contributed by atoms with E-state index in [1.165, 1.54) is 24.4 Å². The van der Waals surface area contributed by atoms with Crippen LogP contribution >= 0.6 is 11.5 Å². The van der Waals surface area contributed by atoms with Crippen LogP contribution in [0.15, 0.2) is 0 Å². The second-order valence-electron chi connectivity index (χ2n) is 4.15. The molecule has 2 N–H and O–H groups in total. The van der Waals surface area contributed by atoms with Crippen LogP contribution < -0.4 is 5.73 Å². The lowest BCUT2D eigenvalue weighted by Gasteiger charge is -2.10. The van der Waals surface area contributed by atoms with Crippen LogP contribution in [0.5, 0.6) is 0 Å². The van der Waals surface area contributed by atoms with Gasteiger partial charge in [-0.1, -0.05) is 31.2 Å². The van der Waals surface area contributed by atoms with E-state index in [0.717, 1.165) is 22.9 Å². The van der Waals surface area contributed by atoms with Gasteiger partial charge in [-0.05, 0) is 30.8 Å². The zero-order valence-electron chi connectivity index (χ0n) is 9.16. The SMILES string of the molecule is Cc1nnsc1C(N)CCCC(C)C. The summed E-state index contributed by atoms with van der Waals surface area (Å²) in [5.41, 5.74) is 7.05. The van der Waals surface area contributed by atoms with Crippen molar-refractivity contribution in [3.63, 3.8) is 0 Å². The third-order valence-electron chi connectivity index (χ3n) is 2.32.